The molecular weight excluding hydrogens is 356 g/mol. The van der Waals surface area contributed by atoms with Crippen molar-refractivity contribution in [3.8, 4) is 11.3 Å². The van der Waals surface area contributed by atoms with Gasteiger partial charge in [-0.05, 0) is 47.2 Å². The Labute approximate surface area is 172 Å². The summed E-state index contributed by atoms with van der Waals surface area (Å²) in [5.74, 6) is 1.46. The molecule has 2 N–H and O–H groups in total. The number of nitrogens with zero attached hydrogens (tertiary/aromatic N) is 3. The molecule has 4 heteroatoms. The summed E-state index contributed by atoms with van der Waals surface area (Å²) < 4.78 is 2.18. The smallest absolute Gasteiger partial charge is 0.137 e. The standard InChI is InChI=1S/C25H28N4/c1-17-11-18(2)14-28(13-17)16-23-25(27-24-10-9-22(26)15-29(23)24)21-8-7-19-5-3-4-6-20(19)12-21/h3-10,12,15,17-18H,11,13-14,16,26H2,1-2H3. The minimum Gasteiger partial charge on any atom is -0.398 e. The van der Waals surface area contributed by atoms with Gasteiger partial charge in [0.05, 0.1) is 11.4 Å². The van der Waals surface area contributed by atoms with Gasteiger partial charge in [0.2, 0.25) is 0 Å². The normalized spacial score (nSPS) is 20.5. The zero-order valence-electron chi connectivity index (χ0n) is 17.2. The Morgan fingerprint density at radius 3 is 2.52 bits per heavy atom. The van der Waals surface area contributed by atoms with Crippen LogP contribution in [0.3, 0.4) is 0 Å². The van der Waals surface area contributed by atoms with E-state index in [2.05, 4.69) is 65.6 Å². The van der Waals surface area contributed by atoms with E-state index in [-0.39, 0.29) is 0 Å². The molecule has 1 aliphatic rings. The van der Waals surface area contributed by atoms with E-state index in [4.69, 9.17) is 10.7 Å². The van der Waals surface area contributed by atoms with Crippen LogP contribution >= 0.6 is 0 Å². The van der Waals surface area contributed by atoms with Crippen LogP contribution in [0.5, 0.6) is 0 Å². The fourth-order valence-corrected chi connectivity index (χ4v) is 4.96. The molecule has 148 valence electrons. The number of fused-ring (bicyclic) bond motifs is 2. The second-order valence-corrected chi connectivity index (χ2v) is 8.80. The molecule has 0 aliphatic carbocycles. The van der Waals surface area contributed by atoms with Crippen LogP contribution in [0.2, 0.25) is 0 Å². The molecular formula is C25H28N4. The lowest BCUT2D eigenvalue weighted by Crippen LogP contribution is -2.38. The first kappa shape index (κ1) is 18.2. The van der Waals surface area contributed by atoms with Crippen LogP contribution in [0.25, 0.3) is 27.7 Å². The molecule has 3 heterocycles. The van der Waals surface area contributed by atoms with Crippen molar-refractivity contribution in [2.24, 2.45) is 11.8 Å². The third-order valence-corrected chi connectivity index (χ3v) is 6.08. The van der Waals surface area contributed by atoms with Gasteiger partial charge in [-0.3, -0.25) is 4.90 Å². The minimum atomic E-state index is 0.729. The average molecular weight is 385 g/mol. The highest BCUT2D eigenvalue weighted by Gasteiger charge is 2.24. The van der Waals surface area contributed by atoms with Crippen molar-refractivity contribution in [1.29, 1.82) is 0 Å². The van der Waals surface area contributed by atoms with E-state index >= 15 is 0 Å². The Morgan fingerprint density at radius 1 is 0.966 bits per heavy atom. The third-order valence-electron chi connectivity index (χ3n) is 6.08. The van der Waals surface area contributed by atoms with Gasteiger partial charge in [-0.25, -0.2) is 4.98 Å². The van der Waals surface area contributed by atoms with E-state index in [9.17, 15) is 0 Å². The maximum atomic E-state index is 6.13. The molecule has 1 fully saturated rings. The number of rotatable bonds is 3. The molecule has 0 amide bonds. The zero-order valence-corrected chi connectivity index (χ0v) is 17.2. The Morgan fingerprint density at radius 2 is 1.72 bits per heavy atom. The van der Waals surface area contributed by atoms with Crippen molar-refractivity contribution in [1.82, 2.24) is 14.3 Å². The monoisotopic (exact) mass is 384 g/mol. The lowest BCUT2D eigenvalue weighted by atomic mass is 9.91. The third kappa shape index (κ3) is 3.49. The topological polar surface area (TPSA) is 46.6 Å². The Bertz CT molecular complexity index is 1170. The van der Waals surface area contributed by atoms with Crippen LogP contribution in [0.4, 0.5) is 5.69 Å². The molecule has 2 aromatic heterocycles. The van der Waals surface area contributed by atoms with E-state index in [1.165, 1.54) is 28.5 Å². The van der Waals surface area contributed by atoms with E-state index in [1.54, 1.807) is 0 Å². The average Bonchev–Trinajstić information content (AvgIpc) is 3.04. The molecule has 2 aromatic carbocycles. The van der Waals surface area contributed by atoms with Crippen molar-refractivity contribution < 1.29 is 0 Å². The summed E-state index contributed by atoms with van der Waals surface area (Å²) in [6, 6.07) is 19.1. The number of anilines is 1. The quantitative estimate of drug-likeness (QED) is 0.527. The van der Waals surface area contributed by atoms with Crippen molar-refractivity contribution in [3.63, 3.8) is 0 Å². The molecule has 4 aromatic rings. The molecule has 29 heavy (non-hydrogen) atoms. The van der Waals surface area contributed by atoms with Crippen LogP contribution < -0.4 is 5.73 Å². The molecule has 1 saturated heterocycles. The molecule has 2 atom stereocenters. The van der Waals surface area contributed by atoms with Gasteiger partial charge in [-0.15, -0.1) is 0 Å². The van der Waals surface area contributed by atoms with Crippen LogP contribution in [0.1, 0.15) is 26.0 Å². The number of hydrogen-bond acceptors (Lipinski definition) is 3. The summed E-state index contributed by atoms with van der Waals surface area (Å²) in [7, 11) is 0. The van der Waals surface area contributed by atoms with Crippen LogP contribution in [0, 0.1) is 11.8 Å². The number of pyridine rings is 1. The van der Waals surface area contributed by atoms with E-state index in [0.29, 0.717) is 0 Å². The predicted molar refractivity (Wildman–Crippen MR) is 121 cm³/mol. The number of nitrogen functional groups attached to an aromatic ring is 1. The lowest BCUT2D eigenvalue weighted by molar-refractivity contribution is 0.133. The number of imidazole rings is 1. The zero-order chi connectivity index (χ0) is 20.0. The van der Waals surface area contributed by atoms with Crippen molar-refractivity contribution in [3.05, 3.63) is 66.5 Å². The van der Waals surface area contributed by atoms with Crippen LogP contribution in [-0.4, -0.2) is 27.4 Å². The van der Waals surface area contributed by atoms with E-state index < -0.39 is 0 Å². The Balaban J connectivity index is 1.63. The summed E-state index contributed by atoms with van der Waals surface area (Å²) in [4.78, 5) is 7.59. The van der Waals surface area contributed by atoms with Crippen LogP contribution in [0.15, 0.2) is 60.8 Å². The van der Waals surface area contributed by atoms with Gasteiger partial charge >= 0.3 is 0 Å². The van der Waals surface area contributed by atoms with Gasteiger partial charge in [-0.2, -0.15) is 0 Å². The van der Waals surface area contributed by atoms with Crippen molar-refractivity contribution in [2.75, 3.05) is 18.8 Å². The summed E-state index contributed by atoms with van der Waals surface area (Å²) in [6.45, 7) is 7.88. The van der Waals surface area contributed by atoms with Gasteiger partial charge < -0.3 is 10.1 Å². The fourth-order valence-electron chi connectivity index (χ4n) is 4.96. The second-order valence-electron chi connectivity index (χ2n) is 8.80. The molecule has 5 rings (SSSR count). The first-order chi connectivity index (χ1) is 14.1. The number of likely N-dealkylation sites (tertiary alicyclic amines) is 1. The van der Waals surface area contributed by atoms with Gasteiger partial charge in [0.1, 0.15) is 5.65 Å². The van der Waals surface area contributed by atoms with Crippen molar-refractivity contribution in [2.45, 2.75) is 26.8 Å². The highest BCUT2D eigenvalue weighted by molar-refractivity contribution is 5.87. The first-order valence-electron chi connectivity index (χ1n) is 10.5. The highest BCUT2D eigenvalue weighted by Crippen LogP contribution is 2.31. The molecule has 0 bridgehead atoms. The van der Waals surface area contributed by atoms with Gasteiger partial charge in [-0.1, -0.05) is 50.2 Å². The Hall–Kier alpha value is -2.85. The minimum absolute atomic E-state index is 0.729. The number of nitrogens with two attached hydrogens (primary N) is 1. The van der Waals surface area contributed by atoms with Crippen molar-refractivity contribution >= 4 is 22.1 Å². The summed E-state index contributed by atoms with van der Waals surface area (Å²) in [5, 5.41) is 2.50. The first-order valence-corrected chi connectivity index (χ1v) is 10.5. The summed E-state index contributed by atoms with van der Waals surface area (Å²) in [5.41, 5.74) is 11.3. The highest BCUT2D eigenvalue weighted by atomic mass is 15.2. The maximum Gasteiger partial charge on any atom is 0.137 e. The van der Waals surface area contributed by atoms with Crippen LogP contribution in [-0.2, 0) is 6.54 Å². The van der Waals surface area contributed by atoms with Gasteiger partial charge in [0, 0.05) is 37.1 Å². The van der Waals surface area contributed by atoms with E-state index in [1.807, 2.05) is 18.3 Å². The van der Waals surface area contributed by atoms with Gasteiger partial charge in [0.15, 0.2) is 0 Å². The van der Waals surface area contributed by atoms with Gasteiger partial charge in [0.25, 0.3) is 0 Å². The molecule has 0 spiro atoms. The fraction of sp³-hybridized carbons (Fsp3) is 0.320. The predicted octanol–water partition coefficient (Wildman–Crippen LogP) is 5.21. The number of piperidine rings is 1. The number of aromatic nitrogens is 2. The number of hydrogen-bond donors (Lipinski definition) is 1. The molecule has 0 saturated carbocycles. The lowest BCUT2D eigenvalue weighted by Gasteiger charge is -2.35. The largest absolute Gasteiger partial charge is 0.398 e. The molecule has 2 unspecified atom stereocenters. The molecule has 1 aliphatic heterocycles. The molecule has 0 radical (unpaired) electrons. The second kappa shape index (κ2) is 7.20. The molecule has 4 nitrogen and oxygen atoms in total. The number of benzene rings is 2. The summed E-state index contributed by atoms with van der Waals surface area (Å²) in [6.07, 6.45) is 3.33. The SMILES string of the molecule is CC1CC(C)CN(Cc2c(-c3ccc4ccccc4c3)nc3ccc(N)cn23)C1. The van der Waals surface area contributed by atoms with E-state index in [0.717, 1.165) is 48.5 Å². The Kier molecular flexibility index (Phi) is 4.51. The maximum absolute atomic E-state index is 6.13. The summed E-state index contributed by atoms with van der Waals surface area (Å²) >= 11 is 0.